The normalized spacial score (nSPS) is 19.1. The van der Waals surface area contributed by atoms with Gasteiger partial charge in [0, 0.05) is 25.3 Å². The molecule has 0 bridgehead atoms. The van der Waals surface area contributed by atoms with Gasteiger partial charge in [-0.2, -0.15) is 0 Å². The second-order valence-corrected chi connectivity index (χ2v) is 6.33. The van der Waals surface area contributed by atoms with Crippen molar-refractivity contribution in [2.24, 2.45) is 0 Å². The van der Waals surface area contributed by atoms with E-state index >= 15 is 0 Å². The van der Waals surface area contributed by atoms with Crippen molar-refractivity contribution in [3.05, 3.63) is 24.4 Å². The van der Waals surface area contributed by atoms with Crippen molar-refractivity contribution in [2.45, 2.75) is 12.5 Å². The Kier molecular flexibility index (Phi) is 4.56. The van der Waals surface area contributed by atoms with E-state index in [-0.39, 0.29) is 6.04 Å². The molecule has 110 valence electrons. The number of anilines is 1. The second kappa shape index (κ2) is 6.19. The molecule has 0 aliphatic carbocycles. The smallest absolute Gasteiger partial charge is 0.322 e. The number of sulfonamides is 1. The van der Waals surface area contributed by atoms with Crippen molar-refractivity contribution in [3.8, 4) is 0 Å². The molecule has 1 fully saturated rings. The highest BCUT2D eigenvalue weighted by molar-refractivity contribution is 7.90. The maximum atomic E-state index is 11.8. The fourth-order valence-corrected chi connectivity index (χ4v) is 3.33. The average molecular weight is 299 g/mol. The summed E-state index contributed by atoms with van der Waals surface area (Å²) in [5, 5.41) is 0. The SMILES string of the molecule is COC(=O)CS(=O)(=O)NC1CCN(c2ccccn2)C1. The minimum Gasteiger partial charge on any atom is -0.468 e. The van der Waals surface area contributed by atoms with E-state index in [2.05, 4.69) is 14.4 Å². The first-order valence-electron chi connectivity index (χ1n) is 6.23. The lowest BCUT2D eigenvalue weighted by atomic mass is 10.3. The van der Waals surface area contributed by atoms with Gasteiger partial charge in [0.05, 0.1) is 7.11 Å². The van der Waals surface area contributed by atoms with E-state index in [1.54, 1.807) is 6.20 Å². The van der Waals surface area contributed by atoms with Crippen LogP contribution < -0.4 is 9.62 Å². The monoisotopic (exact) mass is 299 g/mol. The Hall–Kier alpha value is -1.67. The lowest BCUT2D eigenvalue weighted by molar-refractivity contribution is -0.137. The summed E-state index contributed by atoms with van der Waals surface area (Å²) in [7, 11) is -2.49. The van der Waals surface area contributed by atoms with Gasteiger partial charge in [-0.1, -0.05) is 6.07 Å². The highest BCUT2D eigenvalue weighted by Gasteiger charge is 2.28. The van der Waals surface area contributed by atoms with Crippen molar-refractivity contribution in [3.63, 3.8) is 0 Å². The third-order valence-corrected chi connectivity index (χ3v) is 4.35. The standard InChI is InChI=1S/C12H17N3O4S/c1-19-12(16)9-20(17,18)14-10-5-7-15(8-10)11-4-2-3-6-13-11/h2-4,6,10,14H,5,7-9H2,1H3. The molecule has 2 heterocycles. The molecular weight excluding hydrogens is 282 g/mol. The topological polar surface area (TPSA) is 88.6 Å². The number of hydrogen-bond acceptors (Lipinski definition) is 6. The molecule has 8 heteroatoms. The largest absolute Gasteiger partial charge is 0.468 e. The van der Waals surface area contributed by atoms with Gasteiger partial charge in [-0.05, 0) is 18.6 Å². The van der Waals surface area contributed by atoms with Crippen LogP contribution in [0.4, 0.5) is 5.82 Å². The summed E-state index contributed by atoms with van der Waals surface area (Å²) >= 11 is 0. The summed E-state index contributed by atoms with van der Waals surface area (Å²) in [4.78, 5) is 17.3. The lowest BCUT2D eigenvalue weighted by Crippen LogP contribution is -2.40. The number of carbonyl (C=O) groups excluding carboxylic acids is 1. The molecule has 0 saturated carbocycles. The van der Waals surface area contributed by atoms with Gasteiger partial charge in [0.25, 0.3) is 0 Å². The summed E-state index contributed by atoms with van der Waals surface area (Å²) in [6, 6.07) is 5.38. The quantitative estimate of drug-likeness (QED) is 0.754. The van der Waals surface area contributed by atoms with Gasteiger partial charge >= 0.3 is 5.97 Å². The molecule has 1 aromatic rings. The van der Waals surface area contributed by atoms with Gasteiger partial charge in [0.2, 0.25) is 10.0 Å². The number of carbonyl (C=O) groups is 1. The van der Waals surface area contributed by atoms with Crippen molar-refractivity contribution >= 4 is 21.8 Å². The summed E-state index contributed by atoms with van der Waals surface area (Å²) < 4.78 is 30.4. The van der Waals surface area contributed by atoms with E-state index in [0.717, 1.165) is 19.5 Å². The zero-order chi connectivity index (χ0) is 14.6. The number of aromatic nitrogens is 1. The fourth-order valence-electron chi connectivity index (χ4n) is 2.12. The van der Waals surface area contributed by atoms with Crippen LogP contribution in [0.25, 0.3) is 0 Å². The predicted molar refractivity (Wildman–Crippen MR) is 73.8 cm³/mol. The minimum atomic E-state index is -3.65. The Morgan fingerprint density at radius 1 is 1.55 bits per heavy atom. The summed E-state index contributed by atoms with van der Waals surface area (Å²) in [6.07, 6.45) is 2.38. The Labute approximate surface area is 118 Å². The molecule has 1 aliphatic heterocycles. The van der Waals surface area contributed by atoms with Gasteiger partial charge in [-0.3, -0.25) is 4.79 Å². The maximum Gasteiger partial charge on any atom is 0.322 e. The van der Waals surface area contributed by atoms with Gasteiger partial charge < -0.3 is 9.64 Å². The molecule has 1 N–H and O–H groups in total. The average Bonchev–Trinajstić information content (AvgIpc) is 2.86. The number of ether oxygens (including phenoxy) is 1. The summed E-state index contributed by atoms with van der Waals surface area (Å²) in [5.41, 5.74) is 0. The van der Waals surface area contributed by atoms with Crippen molar-refractivity contribution in [1.29, 1.82) is 0 Å². The van der Waals surface area contributed by atoms with E-state index in [1.165, 1.54) is 0 Å². The highest BCUT2D eigenvalue weighted by atomic mass is 32.2. The van der Waals surface area contributed by atoms with E-state index in [9.17, 15) is 13.2 Å². The second-order valence-electron chi connectivity index (χ2n) is 4.57. The van der Waals surface area contributed by atoms with Crippen molar-refractivity contribution in [2.75, 3.05) is 30.9 Å². The number of pyridine rings is 1. The number of nitrogens with one attached hydrogen (secondary N) is 1. The van der Waals surface area contributed by atoms with Crippen LogP contribution in [0.5, 0.6) is 0 Å². The molecule has 0 amide bonds. The third kappa shape index (κ3) is 3.91. The maximum absolute atomic E-state index is 11.8. The van der Waals surface area contributed by atoms with Crippen LogP contribution in [-0.4, -0.2) is 51.4 Å². The van der Waals surface area contributed by atoms with E-state index < -0.39 is 21.7 Å². The molecule has 1 aliphatic rings. The molecule has 1 aromatic heterocycles. The minimum absolute atomic E-state index is 0.216. The highest BCUT2D eigenvalue weighted by Crippen LogP contribution is 2.17. The Balaban J connectivity index is 1.92. The Bertz CT molecular complexity index is 561. The van der Waals surface area contributed by atoms with Crippen molar-refractivity contribution < 1.29 is 17.9 Å². The van der Waals surface area contributed by atoms with E-state index in [4.69, 9.17) is 0 Å². The molecule has 0 aromatic carbocycles. The first kappa shape index (κ1) is 14.7. The summed E-state index contributed by atoms with van der Waals surface area (Å²) in [5.74, 6) is -0.594. The van der Waals surface area contributed by atoms with E-state index in [0.29, 0.717) is 13.0 Å². The summed E-state index contributed by atoms with van der Waals surface area (Å²) in [6.45, 7) is 1.26. The van der Waals surface area contributed by atoms with Crippen LogP contribution in [0.2, 0.25) is 0 Å². The fraction of sp³-hybridized carbons (Fsp3) is 0.500. The Morgan fingerprint density at radius 3 is 3.00 bits per heavy atom. The molecule has 0 spiro atoms. The number of rotatable bonds is 5. The Morgan fingerprint density at radius 2 is 2.35 bits per heavy atom. The van der Waals surface area contributed by atoms with Gasteiger partial charge in [0.1, 0.15) is 5.82 Å². The molecule has 1 saturated heterocycles. The molecule has 1 atom stereocenters. The van der Waals surface area contributed by atoms with Crippen molar-refractivity contribution in [1.82, 2.24) is 9.71 Å². The molecule has 7 nitrogen and oxygen atoms in total. The molecule has 1 unspecified atom stereocenters. The zero-order valence-corrected chi connectivity index (χ0v) is 12.0. The number of esters is 1. The van der Waals surface area contributed by atoms with Crippen LogP contribution in [0.15, 0.2) is 24.4 Å². The van der Waals surface area contributed by atoms with Crippen LogP contribution >= 0.6 is 0 Å². The van der Waals surface area contributed by atoms with Crippen LogP contribution in [0.3, 0.4) is 0 Å². The van der Waals surface area contributed by atoms with Gasteiger partial charge in [0.15, 0.2) is 5.75 Å². The number of hydrogen-bond donors (Lipinski definition) is 1. The zero-order valence-electron chi connectivity index (χ0n) is 11.2. The van der Waals surface area contributed by atoms with Crippen LogP contribution in [0, 0.1) is 0 Å². The van der Waals surface area contributed by atoms with E-state index in [1.807, 2.05) is 23.1 Å². The first-order valence-corrected chi connectivity index (χ1v) is 7.88. The molecule has 20 heavy (non-hydrogen) atoms. The lowest BCUT2D eigenvalue weighted by Gasteiger charge is -2.17. The number of nitrogens with zero attached hydrogens (tertiary/aromatic N) is 2. The predicted octanol–water partition coefficient (Wildman–Crippen LogP) is -0.247. The molecule has 0 radical (unpaired) electrons. The number of methoxy groups -OCH3 is 1. The van der Waals surface area contributed by atoms with Crippen LogP contribution in [0.1, 0.15) is 6.42 Å². The first-order chi connectivity index (χ1) is 9.50. The molecule has 2 rings (SSSR count). The van der Waals surface area contributed by atoms with Crippen LogP contribution in [-0.2, 0) is 19.6 Å². The molecular formula is C12H17N3O4S. The third-order valence-electron chi connectivity index (χ3n) is 3.04. The van der Waals surface area contributed by atoms with Gasteiger partial charge in [-0.15, -0.1) is 0 Å². The van der Waals surface area contributed by atoms with Gasteiger partial charge in [-0.25, -0.2) is 18.1 Å².